The van der Waals surface area contributed by atoms with Crippen LogP contribution in [0.4, 0.5) is 0 Å². The van der Waals surface area contributed by atoms with Gasteiger partial charge in [0.15, 0.2) is 11.9 Å². The van der Waals surface area contributed by atoms with Crippen molar-refractivity contribution in [3.8, 4) is 0 Å². The highest BCUT2D eigenvalue weighted by Crippen LogP contribution is 2.27. The van der Waals surface area contributed by atoms with Crippen LogP contribution >= 0.6 is 0 Å². The number of rotatable bonds is 12. The predicted molar refractivity (Wildman–Crippen MR) is 79.1 cm³/mol. The highest BCUT2D eigenvalue weighted by molar-refractivity contribution is 5.89. The van der Waals surface area contributed by atoms with Crippen LogP contribution in [0.3, 0.4) is 0 Å². The van der Waals surface area contributed by atoms with E-state index in [1.807, 2.05) is 0 Å². The first kappa shape index (κ1) is 19.7. The predicted octanol–water partition coefficient (Wildman–Crippen LogP) is -0.557. The Morgan fingerprint density at radius 2 is 1.87 bits per heavy atom. The Labute approximate surface area is 135 Å². The van der Waals surface area contributed by atoms with Crippen molar-refractivity contribution in [3.05, 3.63) is 11.5 Å². The fraction of sp³-hybridized carbons (Fsp3) is 0.800. The second-order valence-electron chi connectivity index (χ2n) is 5.33. The molecule has 0 radical (unpaired) electrons. The van der Waals surface area contributed by atoms with E-state index in [1.54, 1.807) is 0 Å². The third kappa shape index (κ3) is 5.98. The van der Waals surface area contributed by atoms with Crippen LogP contribution in [0.5, 0.6) is 0 Å². The maximum atomic E-state index is 11.9. The van der Waals surface area contributed by atoms with E-state index >= 15 is 0 Å². The molecule has 8 nitrogen and oxygen atoms in total. The Hall–Kier alpha value is -1.35. The van der Waals surface area contributed by atoms with Crippen molar-refractivity contribution >= 4 is 5.97 Å². The van der Waals surface area contributed by atoms with E-state index in [1.165, 1.54) is 0 Å². The number of ether oxygens (including phenoxy) is 3. The minimum atomic E-state index is -1.36. The third-order valence-corrected chi connectivity index (χ3v) is 3.32. The number of aliphatic hydroxyl groups excluding tert-OH is 4. The summed E-state index contributed by atoms with van der Waals surface area (Å²) >= 11 is 0. The van der Waals surface area contributed by atoms with Crippen molar-refractivity contribution in [1.29, 1.82) is 0 Å². The number of cyclic esters (lactones) is 1. The molecular weight excluding hydrogens is 308 g/mol. The summed E-state index contributed by atoms with van der Waals surface area (Å²) in [7, 11) is 0. The third-order valence-electron chi connectivity index (χ3n) is 3.32. The lowest BCUT2D eigenvalue weighted by Crippen LogP contribution is -2.33. The maximum absolute atomic E-state index is 11.9. The Morgan fingerprint density at radius 1 is 1.13 bits per heavy atom. The second-order valence-corrected chi connectivity index (χ2v) is 5.33. The zero-order valence-corrected chi connectivity index (χ0v) is 13.3. The van der Waals surface area contributed by atoms with Gasteiger partial charge in [-0.15, -0.1) is 0 Å². The lowest BCUT2D eigenvalue weighted by Gasteiger charge is -2.19. The number of carbonyl (C=O) groups excluding carboxylic acids is 1. The van der Waals surface area contributed by atoms with Gasteiger partial charge >= 0.3 is 5.97 Å². The monoisotopic (exact) mass is 334 g/mol. The molecule has 134 valence electrons. The summed E-state index contributed by atoms with van der Waals surface area (Å²) in [4.78, 5) is 11.9. The standard InChI is InChI=1S/C15H26O8/c1-2-3-4-5-6-21-14-13(22-9-10(18)7-16)12(11(19)8-17)23-15(14)20/h10-12,16-19H,2-9H2,1H3/t10?,11-,12+/m0/s1. The molecule has 0 saturated carbocycles. The van der Waals surface area contributed by atoms with Gasteiger partial charge < -0.3 is 34.6 Å². The molecule has 0 aromatic carbocycles. The minimum Gasteiger partial charge on any atom is -0.487 e. The molecule has 1 aliphatic heterocycles. The second kappa shape index (κ2) is 10.4. The number of hydrogen-bond donors (Lipinski definition) is 4. The molecule has 4 N–H and O–H groups in total. The largest absolute Gasteiger partial charge is 0.487 e. The highest BCUT2D eigenvalue weighted by Gasteiger charge is 2.42. The van der Waals surface area contributed by atoms with Gasteiger partial charge in [-0.25, -0.2) is 4.79 Å². The first-order valence-corrected chi connectivity index (χ1v) is 7.83. The normalized spacial score (nSPS) is 20.4. The van der Waals surface area contributed by atoms with Crippen molar-refractivity contribution in [2.75, 3.05) is 26.4 Å². The van der Waals surface area contributed by atoms with Crippen LogP contribution in [0.2, 0.25) is 0 Å². The van der Waals surface area contributed by atoms with Gasteiger partial charge in [0.1, 0.15) is 18.8 Å². The van der Waals surface area contributed by atoms with E-state index in [4.69, 9.17) is 24.4 Å². The minimum absolute atomic E-state index is 0.0699. The molecule has 1 heterocycles. The Kier molecular flexibility index (Phi) is 8.93. The molecule has 0 aromatic rings. The van der Waals surface area contributed by atoms with Gasteiger partial charge in [0.05, 0.1) is 19.8 Å². The number of unbranched alkanes of at least 4 members (excludes halogenated alkanes) is 3. The SMILES string of the molecule is CCCCCCOC1=C(OCC(O)CO)[C@@H]([C@@H](O)CO)OC1=O. The molecule has 1 rings (SSSR count). The molecular formula is C15H26O8. The van der Waals surface area contributed by atoms with E-state index in [0.717, 1.165) is 25.7 Å². The van der Waals surface area contributed by atoms with Gasteiger partial charge in [-0.1, -0.05) is 26.2 Å². The molecule has 0 aromatic heterocycles. The van der Waals surface area contributed by atoms with Gasteiger partial charge in [-0.05, 0) is 6.42 Å². The van der Waals surface area contributed by atoms with Crippen molar-refractivity contribution in [3.63, 3.8) is 0 Å². The van der Waals surface area contributed by atoms with Crippen LogP contribution in [-0.4, -0.2) is 71.1 Å². The molecule has 3 atom stereocenters. The van der Waals surface area contributed by atoms with E-state index in [9.17, 15) is 15.0 Å². The van der Waals surface area contributed by atoms with Crippen LogP contribution in [0.1, 0.15) is 32.6 Å². The molecule has 1 aliphatic rings. The van der Waals surface area contributed by atoms with Crippen LogP contribution in [-0.2, 0) is 19.0 Å². The average molecular weight is 334 g/mol. The Bertz CT molecular complexity index is 395. The maximum Gasteiger partial charge on any atom is 0.378 e. The van der Waals surface area contributed by atoms with Crippen LogP contribution < -0.4 is 0 Å². The van der Waals surface area contributed by atoms with Crippen molar-refractivity contribution in [2.45, 2.75) is 50.9 Å². The quantitative estimate of drug-likeness (QED) is 0.276. The summed E-state index contributed by atoms with van der Waals surface area (Å²) in [6.07, 6.45) is 0.153. The lowest BCUT2D eigenvalue weighted by atomic mass is 10.2. The molecule has 0 aliphatic carbocycles. The van der Waals surface area contributed by atoms with Gasteiger partial charge in [-0.2, -0.15) is 0 Å². The first-order chi connectivity index (χ1) is 11.0. The summed E-state index contributed by atoms with van der Waals surface area (Å²) < 4.78 is 15.7. The summed E-state index contributed by atoms with van der Waals surface area (Å²) in [5.41, 5.74) is 0. The fourth-order valence-electron chi connectivity index (χ4n) is 2.02. The summed E-state index contributed by atoms with van der Waals surface area (Å²) in [6.45, 7) is 0.943. The molecule has 0 bridgehead atoms. The van der Waals surface area contributed by atoms with Gasteiger partial charge in [-0.3, -0.25) is 0 Å². The lowest BCUT2D eigenvalue weighted by molar-refractivity contribution is -0.148. The number of hydrogen-bond acceptors (Lipinski definition) is 8. The van der Waals surface area contributed by atoms with Crippen LogP contribution in [0, 0.1) is 0 Å². The smallest absolute Gasteiger partial charge is 0.378 e. The molecule has 23 heavy (non-hydrogen) atoms. The number of carbonyl (C=O) groups is 1. The molecule has 0 spiro atoms. The van der Waals surface area contributed by atoms with Crippen molar-refractivity contribution in [2.24, 2.45) is 0 Å². The van der Waals surface area contributed by atoms with E-state index < -0.39 is 37.5 Å². The molecule has 0 fully saturated rings. The molecule has 0 amide bonds. The topological polar surface area (TPSA) is 126 Å². The molecule has 8 heteroatoms. The average Bonchev–Trinajstić information content (AvgIpc) is 2.87. The van der Waals surface area contributed by atoms with Crippen LogP contribution in [0.15, 0.2) is 11.5 Å². The van der Waals surface area contributed by atoms with E-state index in [0.29, 0.717) is 6.61 Å². The van der Waals surface area contributed by atoms with Crippen LogP contribution in [0.25, 0.3) is 0 Å². The molecule has 1 unspecified atom stereocenters. The first-order valence-electron chi connectivity index (χ1n) is 7.83. The van der Waals surface area contributed by atoms with E-state index in [-0.39, 0.29) is 18.1 Å². The number of esters is 1. The highest BCUT2D eigenvalue weighted by atomic mass is 16.6. The van der Waals surface area contributed by atoms with E-state index in [2.05, 4.69) is 6.92 Å². The fourth-order valence-corrected chi connectivity index (χ4v) is 2.02. The number of aliphatic hydroxyl groups is 4. The Balaban J connectivity index is 2.74. The summed E-state index contributed by atoms with van der Waals surface area (Å²) in [5.74, 6) is -1.02. The van der Waals surface area contributed by atoms with Gasteiger partial charge in [0.2, 0.25) is 5.76 Å². The van der Waals surface area contributed by atoms with Gasteiger partial charge in [0, 0.05) is 0 Å². The zero-order chi connectivity index (χ0) is 17.2. The van der Waals surface area contributed by atoms with Crippen molar-refractivity contribution < 1.29 is 39.4 Å². The van der Waals surface area contributed by atoms with Gasteiger partial charge in [0.25, 0.3) is 0 Å². The summed E-state index contributed by atoms with van der Waals surface area (Å²) in [5, 5.41) is 36.9. The zero-order valence-electron chi connectivity index (χ0n) is 13.3. The Morgan fingerprint density at radius 3 is 2.48 bits per heavy atom. The summed E-state index contributed by atoms with van der Waals surface area (Å²) in [6, 6.07) is 0. The molecule has 0 saturated heterocycles. The van der Waals surface area contributed by atoms with Crippen molar-refractivity contribution in [1.82, 2.24) is 0 Å².